The average molecular weight is 274 g/mol. The Hall–Kier alpha value is -1.39. The summed E-state index contributed by atoms with van der Waals surface area (Å²) in [7, 11) is 0. The Bertz CT molecular complexity index is 582. The van der Waals surface area contributed by atoms with E-state index in [1.54, 1.807) is 0 Å². The van der Waals surface area contributed by atoms with Crippen LogP contribution in [0.5, 0.6) is 0 Å². The largest absolute Gasteiger partial charge is 0.376 e. The minimum absolute atomic E-state index is 0.290. The molecule has 1 N–H and O–H groups in total. The summed E-state index contributed by atoms with van der Waals surface area (Å²) in [5.41, 5.74) is 2.32. The fourth-order valence-electron chi connectivity index (χ4n) is 2.58. The first kappa shape index (κ1) is 12.6. The lowest BCUT2D eigenvalue weighted by atomic mass is 10.1. The zero-order valence-corrected chi connectivity index (χ0v) is 11.7. The van der Waals surface area contributed by atoms with Crippen molar-refractivity contribution in [1.29, 1.82) is 0 Å². The molecule has 0 radical (unpaired) electrons. The fraction of sp³-hybridized carbons (Fsp3) is 0.400. The summed E-state index contributed by atoms with van der Waals surface area (Å²) in [5, 5.41) is 0. The van der Waals surface area contributed by atoms with E-state index in [0.29, 0.717) is 6.10 Å². The number of hydrogen-bond donors (Lipinski definition) is 1. The van der Waals surface area contributed by atoms with Gasteiger partial charge in [0.1, 0.15) is 0 Å². The van der Waals surface area contributed by atoms with E-state index in [4.69, 9.17) is 17.0 Å². The van der Waals surface area contributed by atoms with Crippen molar-refractivity contribution in [2.75, 3.05) is 6.61 Å². The highest BCUT2D eigenvalue weighted by atomic mass is 32.1. The van der Waals surface area contributed by atoms with Gasteiger partial charge in [0.25, 0.3) is 0 Å². The van der Waals surface area contributed by atoms with Crippen LogP contribution in [0.4, 0.5) is 0 Å². The Balaban J connectivity index is 1.88. The number of H-pyrrole nitrogens is 1. The molecule has 3 rings (SSSR count). The zero-order valence-electron chi connectivity index (χ0n) is 10.8. The molecule has 1 atom stereocenters. The lowest BCUT2D eigenvalue weighted by molar-refractivity contribution is 0.00602. The summed E-state index contributed by atoms with van der Waals surface area (Å²) in [6.45, 7) is 1.72. The van der Waals surface area contributed by atoms with Gasteiger partial charge in [-0.15, -0.1) is 0 Å². The van der Waals surface area contributed by atoms with Gasteiger partial charge in [-0.2, -0.15) is 0 Å². The molecule has 2 heterocycles. The molecular weight excluding hydrogens is 256 g/mol. The first-order valence-electron chi connectivity index (χ1n) is 6.80. The molecule has 0 amide bonds. The molecule has 1 aliphatic rings. The maximum absolute atomic E-state index is 5.82. The van der Waals surface area contributed by atoms with Gasteiger partial charge in [0.05, 0.1) is 18.3 Å². The molecule has 1 unspecified atom stereocenters. The van der Waals surface area contributed by atoms with Crippen molar-refractivity contribution in [3.05, 3.63) is 41.3 Å². The third-order valence-electron chi connectivity index (χ3n) is 3.60. The maximum atomic E-state index is 5.82. The smallest absolute Gasteiger partial charge is 0.177 e. The number of benzene rings is 1. The summed E-state index contributed by atoms with van der Waals surface area (Å²) < 4.78 is 8.74. The van der Waals surface area contributed by atoms with Crippen LogP contribution in [0.15, 0.2) is 36.5 Å². The van der Waals surface area contributed by atoms with Gasteiger partial charge >= 0.3 is 0 Å². The van der Waals surface area contributed by atoms with Gasteiger partial charge < -0.3 is 14.3 Å². The number of hydrogen-bond acceptors (Lipinski definition) is 2. The Morgan fingerprint density at radius 1 is 1.26 bits per heavy atom. The molecule has 1 aromatic heterocycles. The molecular formula is C15H18N2OS. The lowest BCUT2D eigenvalue weighted by Gasteiger charge is -2.23. The molecule has 1 aromatic carbocycles. The van der Waals surface area contributed by atoms with E-state index in [1.807, 2.05) is 24.4 Å². The number of aromatic amines is 1. The Morgan fingerprint density at radius 3 is 2.84 bits per heavy atom. The van der Waals surface area contributed by atoms with Crippen molar-refractivity contribution < 1.29 is 4.74 Å². The number of nitrogens with zero attached hydrogens (tertiary/aromatic N) is 1. The highest BCUT2D eigenvalue weighted by molar-refractivity contribution is 7.71. The fourth-order valence-corrected chi connectivity index (χ4v) is 2.81. The van der Waals surface area contributed by atoms with E-state index >= 15 is 0 Å². The van der Waals surface area contributed by atoms with Crippen LogP contribution < -0.4 is 0 Å². The topological polar surface area (TPSA) is 29.9 Å². The standard InChI is InChI=1S/C15H18N2OS/c19-15-16-10-14(12-6-2-1-3-7-12)17(15)11-13-8-4-5-9-18-13/h1-3,6-7,10,13H,4-5,8-9,11H2,(H,16,19). The van der Waals surface area contributed by atoms with Gasteiger partial charge in [-0.05, 0) is 37.0 Å². The average Bonchev–Trinajstić information content (AvgIpc) is 2.82. The van der Waals surface area contributed by atoms with Gasteiger partial charge in [0.2, 0.25) is 0 Å². The van der Waals surface area contributed by atoms with Crippen LogP contribution in [-0.4, -0.2) is 22.3 Å². The summed E-state index contributed by atoms with van der Waals surface area (Å²) >= 11 is 5.39. The molecule has 4 heteroatoms. The Morgan fingerprint density at radius 2 is 2.11 bits per heavy atom. The van der Waals surface area contributed by atoms with Crippen LogP contribution >= 0.6 is 12.2 Å². The monoisotopic (exact) mass is 274 g/mol. The number of nitrogens with one attached hydrogen (secondary N) is 1. The van der Waals surface area contributed by atoms with Gasteiger partial charge in [-0.3, -0.25) is 0 Å². The molecule has 0 saturated carbocycles. The Kier molecular flexibility index (Phi) is 3.80. The third kappa shape index (κ3) is 2.80. The van der Waals surface area contributed by atoms with E-state index in [0.717, 1.165) is 30.0 Å². The molecule has 0 aliphatic carbocycles. The van der Waals surface area contributed by atoms with E-state index < -0.39 is 0 Å². The van der Waals surface area contributed by atoms with E-state index in [9.17, 15) is 0 Å². The lowest BCUT2D eigenvalue weighted by Crippen LogP contribution is -2.24. The van der Waals surface area contributed by atoms with Crippen LogP contribution in [-0.2, 0) is 11.3 Å². The first-order valence-corrected chi connectivity index (χ1v) is 7.20. The first-order chi connectivity index (χ1) is 9.34. The van der Waals surface area contributed by atoms with Gasteiger partial charge in [-0.1, -0.05) is 30.3 Å². The molecule has 100 valence electrons. The molecule has 0 spiro atoms. The van der Waals surface area contributed by atoms with Crippen molar-refractivity contribution in [3.63, 3.8) is 0 Å². The second kappa shape index (κ2) is 5.72. The number of ether oxygens (including phenoxy) is 1. The molecule has 2 aromatic rings. The van der Waals surface area contributed by atoms with Gasteiger partial charge in [-0.25, -0.2) is 0 Å². The predicted octanol–water partition coefficient (Wildman–Crippen LogP) is 3.78. The normalized spacial score (nSPS) is 19.5. The number of rotatable bonds is 3. The maximum Gasteiger partial charge on any atom is 0.177 e. The summed E-state index contributed by atoms with van der Waals surface area (Å²) in [4.78, 5) is 3.15. The van der Waals surface area contributed by atoms with Crippen LogP contribution in [0.2, 0.25) is 0 Å². The van der Waals surface area contributed by atoms with Crippen LogP contribution in [0.1, 0.15) is 19.3 Å². The third-order valence-corrected chi connectivity index (χ3v) is 3.94. The molecule has 1 aliphatic heterocycles. The quantitative estimate of drug-likeness (QED) is 0.863. The van der Waals surface area contributed by atoms with Crippen molar-refractivity contribution in [3.8, 4) is 11.3 Å². The SMILES string of the molecule is S=c1[nH]cc(-c2ccccc2)n1CC1CCCCO1. The minimum Gasteiger partial charge on any atom is -0.376 e. The number of imidazole rings is 1. The highest BCUT2D eigenvalue weighted by Crippen LogP contribution is 2.22. The molecule has 3 nitrogen and oxygen atoms in total. The number of aromatic nitrogens is 2. The molecule has 1 saturated heterocycles. The summed E-state index contributed by atoms with van der Waals surface area (Å²) in [5.74, 6) is 0. The van der Waals surface area contributed by atoms with E-state index in [2.05, 4.69) is 21.7 Å². The molecule has 0 bridgehead atoms. The zero-order chi connectivity index (χ0) is 13.1. The van der Waals surface area contributed by atoms with E-state index in [1.165, 1.54) is 18.4 Å². The predicted molar refractivity (Wildman–Crippen MR) is 78.6 cm³/mol. The molecule has 19 heavy (non-hydrogen) atoms. The molecule has 1 fully saturated rings. The van der Waals surface area contributed by atoms with Crippen LogP contribution in [0, 0.1) is 4.77 Å². The summed E-state index contributed by atoms with van der Waals surface area (Å²) in [6.07, 6.45) is 5.84. The second-order valence-corrected chi connectivity index (χ2v) is 5.33. The van der Waals surface area contributed by atoms with Crippen LogP contribution in [0.3, 0.4) is 0 Å². The van der Waals surface area contributed by atoms with Crippen molar-refractivity contribution in [2.45, 2.75) is 31.9 Å². The second-order valence-electron chi connectivity index (χ2n) is 4.94. The van der Waals surface area contributed by atoms with E-state index in [-0.39, 0.29) is 0 Å². The van der Waals surface area contributed by atoms with Gasteiger partial charge in [0.15, 0.2) is 4.77 Å². The minimum atomic E-state index is 0.290. The summed E-state index contributed by atoms with van der Waals surface area (Å²) in [6, 6.07) is 10.3. The van der Waals surface area contributed by atoms with Gasteiger partial charge in [0, 0.05) is 12.8 Å². The van der Waals surface area contributed by atoms with Crippen molar-refractivity contribution in [2.24, 2.45) is 0 Å². The highest BCUT2D eigenvalue weighted by Gasteiger charge is 2.16. The van der Waals surface area contributed by atoms with Crippen molar-refractivity contribution in [1.82, 2.24) is 9.55 Å². The Labute approximate surface area is 118 Å². The van der Waals surface area contributed by atoms with Crippen LogP contribution in [0.25, 0.3) is 11.3 Å². The van der Waals surface area contributed by atoms with Crippen molar-refractivity contribution >= 4 is 12.2 Å².